The first kappa shape index (κ1) is 30.2. The van der Waals surface area contributed by atoms with E-state index in [9.17, 15) is 0 Å². The van der Waals surface area contributed by atoms with Crippen LogP contribution in [-0.2, 0) is 5.41 Å². The number of pyridine rings is 1. The van der Waals surface area contributed by atoms with E-state index in [2.05, 4.69) is 128 Å². The van der Waals surface area contributed by atoms with E-state index >= 15 is 0 Å². The third-order valence-electron chi connectivity index (χ3n) is 10.6. The number of para-hydroxylation sites is 2. The summed E-state index contributed by atoms with van der Waals surface area (Å²) in [5.41, 5.74) is 15.8. The van der Waals surface area contributed by atoms with Crippen molar-refractivity contribution in [3.63, 3.8) is 0 Å². The second-order valence-corrected chi connectivity index (χ2v) is 14.1. The van der Waals surface area contributed by atoms with Crippen molar-refractivity contribution in [2.45, 2.75) is 19.3 Å². The predicted octanol–water partition coefficient (Wildman–Crippen LogP) is 12.4. The molecule has 246 valence electrons. The van der Waals surface area contributed by atoms with Crippen molar-refractivity contribution >= 4 is 21.9 Å². The van der Waals surface area contributed by atoms with Crippen molar-refractivity contribution in [1.82, 2.24) is 15.0 Å². The van der Waals surface area contributed by atoms with E-state index in [-0.39, 0.29) is 5.41 Å². The number of hydrogen-bond acceptors (Lipinski definition) is 4. The topological polar surface area (TPSA) is 51.8 Å². The molecule has 1 aliphatic rings. The summed E-state index contributed by atoms with van der Waals surface area (Å²) >= 11 is 0. The summed E-state index contributed by atoms with van der Waals surface area (Å²) in [5.74, 6) is 0.658. The van der Waals surface area contributed by atoms with E-state index in [4.69, 9.17) is 14.4 Å². The fraction of sp³-hybridized carbons (Fsp3) is 0.0625. The minimum atomic E-state index is -0.0545. The van der Waals surface area contributed by atoms with Gasteiger partial charge in [0.05, 0.1) is 11.4 Å². The molecule has 0 unspecified atom stereocenters. The van der Waals surface area contributed by atoms with Gasteiger partial charge in [0.15, 0.2) is 5.82 Å². The van der Waals surface area contributed by atoms with E-state index < -0.39 is 0 Å². The van der Waals surface area contributed by atoms with E-state index in [1.54, 1.807) is 0 Å². The zero-order valence-corrected chi connectivity index (χ0v) is 28.8. The second-order valence-electron chi connectivity index (χ2n) is 14.1. The third-order valence-corrected chi connectivity index (χ3v) is 10.6. The maximum atomic E-state index is 6.49. The number of fused-ring (bicyclic) bond motifs is 6. The molecule has 6 aromatic carbocycles. The summed E-state index contributed by atoms with van der Waals surface area (Å²) in [6, 6.07) is 53.3. The lowest BCUT2D eigenvalue weighted by Gasteiger charge is -2.21. The van der Waals surface area contributed by atoms with Gasteiger partial charge in [-0.25, -0.2) is 9.97 Å². The fourth-order valence-corrected chi connectivity index (χ4v) is 7.94. The summed E-state index contributed by atoms with van der Waals surface area (Å²) in [4.78, 5) is 14.9. The molecule has 1 aliphatic carbocycles. The highest BCUT2D eigenvalue weighted by Crippen LogP contribution is 2.50. The van der Waals surface area contributed by atoms with Crippen LogP contribution in [0.4, 0.5) is 0 Å². The van der Waals surface area contributed by atoms with Crippen molar-refractivity contribution in [3.8, 4) is 67.3 Å². The molecule has 0 atom stereocenters. The molecule has 0 spiro atoms. The van der Waals surface area contributed by atoms with Crippen LogP contribution in [0.25, 0.3) is 89.2 Å². The van der Waals surface area contributed by atoms with Crippen LogP contribution in [0.1, 0.15) is 25.0 Å². The molecule has 0 aliphatic heterocycles. The van der Waals surface area contributed by atoms with Crippen molar-refractivity contribution < 1.29 is 4.42 Å². The summed E-state index contributed by atoms with van der Waals surface area (Å²) in [6.45, 7) is 4.64. The molecule has 4 nitrogen and oxygen atoms in total. The Morgan fingerprint density at radius 1 is 0.462 bits per heavy atom. The van der Waals surface area contributed by atoms with Crippen LogP contribution in [0.5, 0.6) is 0 Å². The monoisotopic (exact) mass is 667 g/mol. The van der Waals surface area contributed by atoms with Crippen LogP contribution >= 0.6 is 0 Å². The third kappa shape index (κ3) is 4.87. The normalized spacial score (nSPS) is 13.0. The molecule has 4 heteroatoms. The van der Waals surface area contributed by atoms with Crippen molar-refractivity contribution in [2.24, 2.45) is 0 Å². The smallest absolute Gasteiger partial charge is 0.160 e. The Bertz CT molecular complexity index is 2820. The molecule has 0 N–H and O–H groups in total. The van der Waals surface area contributed by atoms with Gasteiger partial charge in [-0.2, -0.15) is 0 Å². The van der Waals surface area contributed by atoms with Gasteiger partial charge in [0.1, 0.15) is 11.2 Å². The summed E-state index contributed by atoms with van der Waals surface area (Å²) in [7, 11) is 0. The standard InChI is InChI=1S/C48H33N3O/c1-48(2)41-19-8-6-15-36(41)40-27-31(21-22-42(40)48)33-24-34(32-14-11-23-49-29-32)26-35(25-33)43-28-44(51-47(50-43)30-12-4-3-5-13-30)39-18-10-17-38-37-16-7-9-20-45(37)52-46(38)39/h3-29H,1-2H3. The Morgan fingerprint density at radius 3 is 2.02 bits per heavy atom. The molecule has 3 heterocycles. The molecule has 9 aromatic rings. The highest BCUT2D eigenvalue weighted by Gasteiger charge is 2.35. The molecule has 0 amide bonds. The quantitative estimate of drug-likeness (QED) is 0.183. The number of hydrogen-bond donors (Lipinski definition) is 0. The van der Waals surface area contributed by atoms with Gasteiger partial charge in [-0.3, -0.25) is 4.98 Å². The van der Waals surface area contributed by atoms with Crippen LogP contribution in [0, 0.1) is 0 Å². The highest BCUT2D eigenvalue weighted by atomic mass is 16.3. The largest absolute Gasteiger partial charge is 0.455 e. The fourth-order valence-electron chi connectivity index (χ4n) is 7.94. The first-order valence-electron chi connectivity index (χ1n) is 17.7. The Labute approximate surface area is 302 Å². The first-order chi connectivity index (χ1) is 25.5. The minimum Gasteiger partial charge on any atom is -0.455 e. The van der Waals surface area contributed by atoms with Gasteiger partial charge in [0.2, 0.25) is 0 Å². The molecule has 10 rings (SSSR count). The molecular formula is C48H33N3O. The number of furan rings is 1. The van der Waals surface area contributed by atoms with Gasteiger partial charge in [-0.05, 0) is 87.5 Å². The zero-order chi connectivity index (χ0) is 34.8. The summed E-state index contributed by atoms with van der Waals surface area (Å²) < 4.78 is 6.49. The maximum Gasteiger partial charge on any atom is 0.160 e. The van der Waals surface area contributed by atoms with Crippen molar-refractivity contribution in [3.05, 3.63) is 175 Å². The van der Waals surface area contributed by atoms with Gasteiger partial charge in [0.25, 0.3) is 0 Å². The lowest BCUT2D eigenvalue weighted by molar-refractivity contribution is 0.660. The Hall–Kier alpha value is -6.65. The molecule has 0 saturated heterocycles. The number of nitrogens with zero attached hydrogens (tertiary/aromatic N) is 3. The molecule has 52 heavy (non-hydrogen) atoms. The van der Waals surface area contributed by atoms with Crippen LogP contribution < -0.4 is 0 Å². The minimum absolute atomic E-state index is 0.0545. The molecule has 0 saturated carbocycles. The number of aromatic nitrogens is 3. The molecule has 0 fully saturated rings. The van der Waals surface area contributed by atoms with Crippen molar-refractivity contribution in [2.75, 3.05) is 0 Å². The SMILES string of the molecule is CC1(C)c2ccccc2-c2cc(-c3cc(-c4cccnc4)cc(-c4cc(-c5cccc6c5oc5ccccc56)nc(-c5ccccc5)n4)c3)ccc21. The van der Waals surface area contributed by atoms with Crippen LogP contribution in [0.2, 0.25) is 0 Å². The summed E-state index contributed by atoms with van der Waals surface area (Å²) in [6.07, 6.45) is 3.74. The molecule has 0 bridgehead atoms. The van der Waals surface area contributed by atoms with E-state index in [1.807, 2.05) is 54.9 Å². The van der Waals surface area contributed by atoms with Gasteiger partial charge in [0, 0.05) is 50.8 Å². The van der Waals surface area contributed by atoms with Gasteiger partial charge < -0.3 is 4.42 Å². The average molecular weight is 668 g/mol. The highest BCUT2D eigenvalue weighted by molar-refractivity contribution is 6.09. The first-order valence-corrected chi connectivity index (χ1v) is 17.7. The van der Waals surface area contributed by atoms with E-state index in [0.29, 0.717) is 5.82 Å². The lowest BCUT2D eigenvalue weighted by atomic mass is 9.82. The van der Waals surface area contributed by atoms with Crippen LogP contribution in [-0.4, -0.2) is 15.0 Å². The summed E-state index contributed by atoms with van der Waals surface area (Å²) in [5, 5.41) is 2.16. The van der Waals surface area contributed by atoms with Crippen molar-refractivity contribution in [1.29, 1.82) is 0 Å². The average Bonchev–Trinajstić information content (AvgIpc) is 3.70. The maximum absolute atomic E-state index is 6.49. The molecule has 0 radical (unpaired) electrons. The predicted molar refractivity (Wildman–Crippen MR) is 212 cm³/mol. The number of rotatable bonds is 5. The number of benzene rings is 6. The van der Waals surface area contributed by atoms with E-state index in [0.717, 1.165) is 72.3 Å². The Kier molecular flexibility index (Phi) is 6.80. The van der Waals surface area contributed by atoms with Gasteiger partial charge in [-0.1, -0.05) is 117 Å². The van der Waals surface area contributed by atoms with Gasteiger partial charge in [-0.15, -0.1) is 0 Å². The lowest BCUT2D eigenvalue weighted by Crippen LogP contribution is -2.14. The van der Waals surface area contributed by atoms with Crippen LogP contribution in [0.3, 0.4) is 0 Å². The molecular weight excluding hydrogens is 635 g/mol. The second kappa shape index (κ2) is 11.7. The Balaban J connectivity index is 1.20. The molecule has 3 aromatic heterocycles. The zero-order valence-electron chi connectivity index (χ0n) is 28.8. The Morgan fingerprint density at radius 2 is 1.15 bits per heavy atom. The van der Waals surface area contributed by atoms with Crippen LogP contribution in [0.15, 0.2) is 168 Å². The van der Waals surface area contributed by atoms with E-state index in [1.165, 1.54) is 22.3 Å². The van der Waals surface area contributed by atoms with Gasteiger partial charge >= 0.3 is 0 Å².